The molecule has 1 N–H and O–H groups in total. The molecule has 0 amide bonds. The highest BCUT2D eigenvalue weighted by atomic mass is 19.1. The van der Waals surface area contributed by atoms with Crippen LogP contribution >= 0.6 is 0 Å². The molecule has 1 saturated heterocycles. The zero-order valence-corrected chi connectivity index (χ0v) is 18.1. The highest BCUT2D eigenvalue weighted by Crippen LogP contribution is 2.41. The van der Waals surface area contributed by atoms with Crippen LogP contribution in [0.4, 0.5) is 4.39 Å². The van der Waals surface area contributed by atoms with Gasteiger partial charge in [0.25, 0.3) is 0 Å². The van der Waals surface area contributed by atoms with E-state index in [1.165, 1.54) is 30.9 Å². The van der Waals surface area contributed by atoms with Crippen LogP contribution in [0.3, 0.4) is 0 Å². The Kier molecular flexibility index (Phi) is 6.90. The number of nitrogens with zero attached hydrogens (tertiary/aromatic N) is 5. The molecule has 1 fully saturated rings. The fourth-order valence-electron chi connectivity index (χ4n) is 4.56. The van der Waals surface area contributed by atoms with E-state index in [0.717, 1.165) is 0 Å². The van der Waals surface area contributed by atoms with Gasteiger partial charge < -0.3 is 5.11 Å². The van der Waals surface area contributed by atoms with Crippen molar-refractivity contribution >= 4 is 11.6 Å². The van der Waals surface area contributed by atoms with Crippen LogP contribution in [0.15, 0.2) is 55.1 Å². The highest BCUT2D eigenvalue weighted by molar-refractivity contribution is 5.99. The molecule has 2 aromatic heterocycles. The van der Waals surface area contributed by atoms with Gasteiger partial charge in [-0.1, -0.05) is 12.1 Å². The van der Waals surface area contributed by atoms with E-state index in [0.29, 0.717) is 11.1 Å². The summed E-state index contributed by atoms with van der Waals surface area (Å²) in [5.41, 5.74) is 0.971. The lowest BCUT2D eigenvalue weighted by molar-refractivity contribution is 0.0517. The number of likely N-dealkylation sites (tertiary alicyclic amines) is 1. The number of hydrogen-bond acceptors (Lipinski definition) is 8. The first-order chi connectivity index (χ1) is 16.0. The monoisotopic (exact) mass is 449 g/mol. The van der Waals surface area contributed by atoms with Crippen molar-refractivity contribution in [1.29, 1.82) is 0 Å². The zero-order chi connectivity index (χ0) is 23.4. The number of aliphatic hydroxyl groups excluding tert-OH is 1. The van der Waals surface area contributed by atoms with Gasteiger partial charge >= 0.3 is 0 Å². The van der Waals surface area contributed by atoms with Crippen LogP contribution in [0.5, 0.6) is 0 Å². The van der Waals surface area contributed by atoms with Crippen LogP contribution in [-0.2, 0) is 0 Å². The largest absolute Gasteiger partial charge is 0.395 e. The maximum absolute atomic E-state index is 14.6. The predicted octanol–water partition coefficient (Wildman–Crippen LogP) is 2.10. The van der Waals surface area contributed by atoms with Crippen LogP contribution in [0.25, 0.3) is 0 Å². The molecule has 0 aliphatic carbocycles. The van der Waals surface area contributed by atoms with E-state index >= 15 is 0 Å². The maximum atomic E-state index is 14.6. The van der Waals surface area contributed by atoms with Crippen molar-refractivity contribution in [1.82, 2.24) is 24.8 Å². The van der Waals surface area contributed by atoms with Crippen LogP contribution in [0.1, 0.15) is 38.3 Å². The van der Waals surface area contributed by atoms with Gasteiger partial charge in [-0.25, -0.2) is 24.3 Å². The van der Waals surface area contributed by atoms with Crippen molar-refractivity contribution in [2.75, 3.05) is 26.2 Å². The van der Waals surface area contributed by atoms with Crippen molar-refractivity contribution in [3.8, 4) is 0 Å². The van der Waals surface area contributed by atoms with E-state index in [-0.39, 0.29) is 49.5 Å². The van der Waals surface area contributed by atoms with Gasteiger partial charge in [-0.2, -0.15) is 0 Å². The first kappa shape index (κ1) is 22.8. The molecule has 3 aromatic rings. The molecule has 170 valence electrons. The van der Waals surface area contributed by atoms with Crippen LogP contribution in [-0.4, -0.2) is 67.7 Å². The minimum Gasteiger partial charge on any atom is -0.395 e. The van der Waals surface area contributed by atoms with Crippen molar-refractivity contribution < 1.29 is 19.1 Å². The molecule has 3 heterocycles. The standard InChI is InChI=1S/C24H24FN5O3/c1-15-16(5-2-6-19(15)25)20-17(21(32)23-26-7-3-8-27-23)13-30(11-12-31)14-18(20)22(33)24-28-9-4-10-29-24/h2-10,17-18,20,31H,11-14H2,1H3/t17-,18+,20?. The van der Waals surface area contributed by atoms with Gasteiger partial charge in [-0.05, 0) is 36.2 Å². The number of benzene rings is 1. The Morgan fingerprint density at radius 3 is 1.94 bits per heavy atom. The molecule has 0 bridgehead atoms. The highest BCUT2D eigenvalue weighted by Gasteiger charge is 2.46. The second-order valence-electron chi connectivity index (χ2n) is 8.05. The van der Waals surface area contributed by atoms with Gasteiger partial charge in [-0.15, -0.1) is 0 Å². The summed E-state index contributed by atoms with van der Waals surface area (Å²) in [6, 6.07) is 7.92. The Balaban J connectivity index is 1.85. The maximum Gasteiger partial charge on any atom is 0.205 e. The average Bonchev–Trinajstić information content (AvgIpc) is 2.86. The van der Waals surface area contributed by atoms with Crippen LogP contribution in [0, 0.1) is 24.6 Å². The summed E-state index contributed by atoms with van der Waals surface area (Å²) in [7, 11) is 0. The number of halogens is 1. The molecule has 0 spiro atoms. The molecule has 4 rings (SSSR count). The second kappa shape index (κ2) is 10.0. The minimum absolute atomic E-state index is 0.0366. The lowest BCUT2D eigenvalue weighted by atomic mass is 9.69. The number of rotatable bonds is 7. The van der Waals surface area contributed by atoms with E-state index in [2.05, 4.69) is 19.9 Å². The number of carbonyl (C=O) groups excluding carboxylic acids is 2. The van der Waals surface area contributed by atoms with Gasteiger partial charge in [0.15, 0.2) is 11.6 Å². The first-order valence-electron chi connectivity index (χ1n) is 10.7. The number of β-amino-alcohol motifs (C(OH)–C–C–N with tert-alkyl or cyclic N) is 1. The van der Waals surface area contributed by atoms with E-state index in [4.69, 9.17) is 0 Å². The SMILES string of the molecule is Cc1c(F)cccc1C1[C@@H](C(=O)c2ncccn2)CN(CCO)C[C@H]1C(=O)c1ncccn1. The molecular weight excluding hydrogens is 425 g/mol. The second-order valence-corrected chi connectivity index (χ2v) is 8.05. The smallest absolute Gasteiger partial charge is 0.205 e. The summed E-state index contributed by atoms with van der Waals surface area (Å²) in [5.74, 6) is -3.10. The molecule has 33 heavy (non-hydrogen) atoms. The molecule has 8 nitrogen and oxygen atoms in total. The first-order valence-corrected chi connectivity index (χ1v) is 10.7. The third kappa shape index (κ3) is 4.69. The topological polar surface area (TPSA) is 109 Å². The van der Waals surface area contributed by atoms with Gasteiger partial charge in [-0.3, -0.25) is 14.5 Å². The quantitative estimate of drug-likeness (QED) is 0.546. The molecule has 9 heteroatoms. The van der Waals surface area contributed by atoms with E-state index in [9.17, 15) is 19.1 Å². The predicted molar refractivity (Wildman–Crippen MR) is 117 cm³/mol. The molecule has 3 atom stereocenters. The summed E-state index contributed by atoms with van der Waals surface area (Å²) in [6.07, 6.45) is 5.93. The fourth-order valence-corrected chi connectivity index (χ4v) is 4.56. The Morgan fingerprint density at radius 2 is 1.45 bits per heavy atom. The lowest BCUT2D eigenvalue weighted by Crippen LogP contribution is -2.51. The molecule has 1 aliphatic heterocycles. The lowest BCUT2D eigenvalue weighted by Gasteiger charge is -2.42. The average molecular weight is 449 g/mol. The Labute approximate surface area is 190 Å². The third-order valence-corrected chi connectivity index (χ3v) is 6.11. The molecule has 1 aliphatic rings. The van der Waals surface area contributed by atoms with E-state index in [1.54, 1.807) is 31.2 Å². The van der Waals surface area contributed by atoms with Crippen molar-refractivity contribution in [2.45, 2.75) is 12.8 Å². The Morgan fingerprint density at radius 1 is 0.939 bits per heavy atom. The number of ketones is 2. The summed E-state index contributed by atoms with van der Waals surface area (Å²) in [6.45, 7) is 2.35. The number of hydrogen-bond donors (Lipinski definition) is 1. The van der Waals surface area contributed by atoms with Gasteiger partial charge in [0.05, 0.1) is 6.61 Å². The van der Waals surface area contributed by atoms with Crippen LogP contribution in [0.2, 0.25) is 0 Å². The molecule has 0 saturated carbocycles. The summed E-state index contributed by atoms with van der Waals surface area (Å²) in [5, 5.41) is 9.56. The van der Waals surface area contributed by atoms with Crippen molar-refractivity contribution in [2.24, 2.45) is 11.8 Å². The number of aromatic nitrogens is 4. The number of piperidine rings is 1. The number of carbonyl (C=O) groups is 2. The number of Topliss-reactive ketones (excluding diaryl/α,β-unsaturated/α-hetero) is 2. The Hall–Kier alpha value is -3.43. The van der Waals surface area contributed by atoms with Gasteiger partial charge in [0.2, 0.25) is 11.6 Å². The molecule has 0 radical (unpaired) electrons. The van der Waals surface area contributed by atoms with Gasteiger partial charge in [0, 0.05) is 62.2 Å². The summed E-state index contributed by atoms with van der Waals surface area (Å²) < 4.78 is 14.6. The summed E-state index contributed by atoms with van der Waals surface area (Å²) in [4.78, 5) is 45.5. The molecule has 1 unspecified atom stereocenters. The van der Waals surface area contributed by atoms with E-state index in [1.807, 2.05) is 4.90 Å². The van der Waals surface area contributed by atoms with Crippen molar-refractivity contribution in [3.63, 3.8) is 0 Å². The normalized spacial score (nSPS) is 21.0. The van der Waals surface area contributed by atoms with E-state index < -0.39 is 23.6 Å². The van der Waals surface area contributed by atoms with Crippen molar-refractivity contribution in [3.05, 3.63) is 83.7 Å². The number of aliphatic hydroxyl groups is 1. The third-order valence-electron chi connectivity index (χ3n) is 6.11. The Bertz CT molecular complexity index is 1070. The molecule has 1 aromatic carbocycles. The zero-order valence-electron chi connectivity index (χ0n) is 18.1. The molecular formula is C24H24FN5O3. The van der Waals surface area contributed by atoms with Crippen LogP contribution < -0.4 is 0 Å². The summed E-state index contributed by atoms with van der Waals surface area (Å²) >= 11 is 0. The minimum atomic E-state index is -0.731. The fraction of sp³-hybridized carbons (Fsp3) is 0.333. The van der Waals surface area contributed by atoms with Gasteiger partial charge in [0.1, 0.15) is 5.82 Å².